The molecule has 2 aromatic rings. The molecule has 0 atom stereocenters. The first kappa shape index (κ1) is 12.3. The number of ether oxygens (including phenoxy) is 1. The van der Waals surface area contributed by atoms with Gasteiger partial charge in [0.2, 0.25) is 0 Å². The van der Waals surface area contributed by atoms with Crippen LogP contribution >= 0.6 is 0 Å². The Morgan fingerprint density at radius 2 is 2.17 bits per heavy atom. The van der Waals surface area contributed by atoms with Crippen LogP contribution in [0.5, 0.6) is 5.75 Å². The molecular weight excluding hydrogens is 232 g/mol. The number of nitrogens with zero attached hydrogens (tertiary/aromatic N) is 1. The van der Waals surface area contributed by atoms with Gasteiger partial charge >= 0.3 is 0 Å². The fourth-order valence-corrected chi connectivity index (χ4v) is 1.74. The lowest BCUT2D eigenvalue weighted by Crippen LogP contribution is -2.21. The third-order valence-electron chi connectivity index (χ3n) is 2.59. The Balaban J connectivity index is 2.42. The quantitative estimate of drug-likeness (QED) is 0.377. The lowest BCUT2D eigenvalue weighted by Gasteiger charge is -2.07. The Kier molecular flexibility index (Phi) is 3.41. The van der Waals surface area contributed by atoms with Gasteiger partial charge < -0.3 is 20.1 Å². The monoisotopic (exact) mass is 248 g/mol. The van der Waals surface area contributed by atoms with Crippen molar-refractivity contribution in [3.05, 3.63) is 30.0 Å². The van der Waals surface area contributed by atoms with Crippen molar-refractivity contribution < 1.29 is 14.4 Å². The summed E-state index contributed by atoms with van der Waals surface area (Å²) in [6, 6.07) is 7.63. The third-order valence-corrected chi connectivity index (χ3v) is 2.59. The van der Waals surface area contributed by atoms with Crippen LogP contribution in [0.3, 0.4) is 0 Å². The number of amidine groups is 1. The van der Waals surface area contributed by atoms with E-state index in [4.69, 9.17) is 20.1 Å². The first-order chi connectivity index (χ1) is 8.63. The molecule has 2 rings (SSSR count). The van der Waals surface area contributed by atoms with Crippen LogP contribution in [0.1, 0.15) is 25.5 Å². The zero-order valence-corrected chi connectivity index (χ0v) is 10.4. The van der Waals surface area contributed by atoms with Crippen molar-refractivity contribution in [2.24, 2.45) is 10.9 Å². The van der Waals surface area contributed by atoms with Crippen molar-refractivity contribution in [2.45, 2.75) is 19.8 Å². The van der Waals surface area contributed by atoms with Crippen molar-refractivity contribution in [1.82, 2.24) is 0 Å². The maximum Gasteiger partial charge on any atom is 0.177 e. The molecule has 1 aromatic carbocycles. The van der Waals surface area contributed by atoms with Gasteiger partial charge in [0.05, 0.1) is 5.39 Å². The molecule has 18 heavy (non-hydrogen) atoms. The van der Waals surface area contributed by atoms with E-state index in [2.05, 4.69) is 5.16 Å². The molecule has 0 aliphatic rings. The molecule has 0 amide bonds. The maximum absolute atomic E-state index is 8.51. The number of hydrogen-bond acceptors (Lipinski definition) is 4. The normalized spacial score (nSPS) is 12.3. The Hall–Kier alpha value is -2.17. The van der Waals surface area contributed by atoms with Gasteiger partial charge in [-0.2, -0.15) is 0 Å². The van der Waals surface area contributed by atoms with E-state index in [1.165, 1.54) is 0 Å². The molecule has 0 unspecified atom stereocenters. The van der Waals surface area contributed by atoms with Gasteiger partial charge in [0.1, 0.15) is 18.0 Å². The van der Waals surface area contributed by atoms with Crippen LogP contribution in [-0.2, 0) is 0 Å². The summed E-state index contributed by atoms with van der Waals surface area (Å²) in [6.07, 6.45) is 0. The zero-order chi connectivity index (χ0) is 13.1. The molecule has 1 aromatic heterocycles. The number of fused-ring (bicyclic) bond motifs is 1. The fourth-order valence-electron chi connectivity index (χ4n) is 1.74. The van der Waals surface area contributed by atoms with E-state index in [-0.39, 0.29) is 18.4 Å². The van der Waals surface area contributed by atoms with E-state index < -0.39 is 0 Å². The molecule has 0 aliphatic carbocycles. The molecule has 0 fully saturated rings. The lowest BCUT2D eigenvalue weighted by molar-refractivity contribution is 0.304. The summed E-state index contributed by atoms with van der Waals surface area (Å²) in [7, 11) is 0. The smallest absolute Gasteiger partial charge is 0.177 e. The molecule has 3 N–H and O–H groups in total. The standard InChI is InChI=1S/C13H16N2O3/c1-8(2)12-13(17-7-11(14)15-16)9-5-3-4-6-10(9)18-12/h3-6,8,16H,7H2,1-2H3,(H2,14,15). The Morgan fingerprint density at radius 3 is 2.83 bits per heavy atom. The maximum atomic E-state index is 8.51. The molecule has 0 saturated heterocycles. The van der Waals surface area contributed by atoms with Crippen LogP contribution in [0, 0.1) is 0 Å². The second-order valence-corrected chi connectivity index (χ2v) is 4.33. The Labute approximate surface area is 105 Å². The molecule has 0 radical (unpaired) electrons. The van der Waals surface area contributed by atoms with Crippen molar-refractivity contribution >= 4 is 16.8 Å². The average molecular weight is 248 g/mol. The number of para-hydroxylation sites is 1. The highest BCUT2D eigenvalue weighted by Crippen LogP contribution is 2.37. The topological polar surface area (TPSA) is 81.0 Å². The third kappa shape index (κ3) is 2.25. The van der Waals surface area contributed by atoms with Gasteiger partial charge in [-0.1, -0.05) is 31.1 Å². The number of benzene rings is 1. The van der Waals surface area contributed by atoms with E-state index in [0.29, 0.717) is 5.75 Å². The van der Waals surface area contributed by atoms with Crippen LogP contribution in [0.2, 0.25) is 0 Å². The van der Waals surface area contributed by atoms with Crippen LogP contribution in [0.4, 0.5) is 0 Å². The number of rotatable bonds is 4. The van der Waals surface area contributed by atoms with Crippen molar-refractivity contribution in [3.63, 3.8) is 0 Å². The molecule has 5 nitrogen and oxygen atoms in total. The summed E-state index contributed by atoms with van der Waals surface area (Å²) in [5.41, 5.74) is 6.18. The fraction of sp³-hybridized carbons (Fsp3) is 0.308. The minimum atomic E-state index is 0.0231. The summed E-state index contributed by atoms with van der Waals surface area (Å²) < 4.78 is 11.4. The van der Waals surface area contributed by atoms with E-state index in [9.17, 15) is 0 Å². The largest absolute Gasteiger partial charge is 0.481 e. The van der Waals surface area contributed by atoms with Gasteiger partial charge in [-0.05, 0) is 12.1 Å². The van der Waals surface area contributed by atoms with Gasteiger partial charge in [0, 0.05) is 5.92 Å². The first-order valence-corrected chi connectivity index (χ1v) is 5.74. The second kappa shape index (κ2) is 5.00. The van der Waals surface area contributed by atoms with Crippen molar-refractivity contribution in [1.29, 1.82) is 0 Å². The van der Waals surface area contributed by atoms with Crippen LogP contribution in [0.15, 0.2) is 33.8 Å². The highest BCUT2D eigenvalue weighted by molar-refractivity contribution is 5.87. The van der Waals surface area contributed by atoms with E-state index in [1.807, 2.05) is 38.1 Å². The van der Waals surface area contributed by atoms with E-state index >= 15 is 0 Å². The van der Waals surface area contributed by atoms with Gasteiger partial charge in [0.25, 0.3) is 0 Å². The SMILES string of the molecule is CC(C)c1oc2ccccc2c1OCC(N)=NO. The number of nitrogens with two attached hydrogens (primary N) is 1. The van der Waals surface area contributed by atoms with Gasteiger partial charge in [0.15, 0.2) is 11.6 Å². The number of oxime groups is 1. The highest BCUT2D eigenvalue weighted by Gasteiger charge is 2.18. The van der Waals surface area contributed by atoms with Gasteiger partial charge in [-0.3, -0.25) is 0 Å². The minimum absolute atomic E-state index is 0.0231. The van der Waals surface area contributed by atoms with Crippen LogP contribution < -0.4 is 10.5 Å². The van der Waals surface area contributed by atoms with E-state index in [1.54, 1.807) is 0 Å². The molecule has 0 bridgehead atoms. The minimum Gasteiger partial charge on any atom is -0.481 e. The van der Waals surface area contributed by atoms with Gasteiger partial charge in [-0.25, -0.2) is 0 Å². The molecule has 96 valence electrons. The molecule has 1 heterocycles. The van der Waals surface area contributed by atoms with Crippen LogP contribution in [-0.4, -0.2) is 17.6 Å². The number of furan rings is 1. The predicted molar refractivity (Wildman–Crippen MR) is 69.2 cm³/mol. The lowest BCUT2D eigenvalue weighted by atomic mass is 10.1. The predicted octanol–water partition coefficient (Wildman–Crippen LogP) is 2.68. The molecule has 0 spiro atoms. The van der Waals surface area contributed by atoms with Crippen LogP contribution in [0.25, 0.3) is 11.0 Å². The summed E-state index contributed by atoms with van der Waals surface area (Å²) >= 11 is 0. The van der Waals surface area contributed by atoms with Crippen molar-refractivity contribution in [3.8, 4) is 5.75 Å². The molecule has 0 aliphatic heterocycles. The Morgan fingerprint density at radius 1 is 1.44 bits per heavy atom. The summed E-state index contributed by atoms with van der Waals surface area (Å²) in [5, 5.41) is 12.3. The molecule has 0 saturated carbocycles. The summed E-state index contributed by atoms with van der Waals surface area (Å²) in [6.45, 7) is 4.07. The summed E-state index contributed by atoms with van der Waals surface area (Å²) in [5.74, 6) is 1.64. The van der Waals surface area contributed by atoms with Crippen molar-refractivity contribution in [2.75, 3.05) is 6.61 Å². The zero-order valence-electron chi connectivity index (χ0n) is 10.4. The highest BCUT2D eigenvalue weighted by atomic mass is 16.5. The Bertz CT molecular complexity index is 573. The van der Waals surface area contributed by atoms with Gasteiger partial charge in [-0.15, -0.1) is 0 Å². The molecule has 5 heteroatoms. The second-order valence-electron chi connectivity index (χ2n) is 4.33. The molecular formula is C13H16N2O3. The summed E-state index contributed by atoms with van der Waals surface area (Å²) in [4.78, 5) is 0. The van der Waals surface area contributed by atoms with E-state index in [0.717, 1.165) is 16.7 Å². The average Bonchev–Trinajstić information content (AvgIpc) is 2.75. The first-order valence-electron chi connectivity index (χ1n) is 5.74. The number of hydrogen-bond donors (Lipinski definition) is 2.